The van der Waals surface area contributed by atoms with Gasteiger partial charge in [-0.25, -0.2) is 9.37 Å². The second kappa shape index (κ2) is 5.42. The fourth-order valence-electron chi connectivity index (χ4n) is 1.68. The van der Waals surface area contributed by atoms with Crippen molar-refractivity contribution in [2.24, 2.45) is 0 Å². The average molecular weight is 242 g/mol. The summed E-state index contributed by atoms with van der Waals surface area (Å²) in [5, 5.41) is 19.0. The van der Waals surface area contributed by atoms with E-state index < -0.39 is 11.4 Å². The lowest BCUT2D eigenvalue weighted by atomic mass is 10.1. The van der Waals surface area contributed by atoms with Crippen LogP contribution in [0.2, 0.25) is 0 Å². The lowest BCUT2D eigenvalue weighted by Gasteiger charge is -2.30. The highest BCUT2D eigenvalue weighted by Crippen LogP contribution is 2.20. The van der Waals surface area contributed by atoms with E-state index in [-0.39, 0.29) is 6.61 Å². The molecule has 0 atom stereocenters. The quantitative estimate of drug-likeness (QED) is 0.817. The van der Waals surface area contributed by atoms with E-state index in [9.17, 15) is 14.6 Å². The van der Waals surface area contributed by atoms with Crippen LogP contribution >= 0.6 is 0 Å². The Labute approximate surface area is 101 Å². The van der Waals surface area contributed by atoms with Crippen molar-refractivity contribution in [3.63, 3.8) is 0 Å². The molecule has 0 saturated heterocycles. The van der Waals surface area contributed by atoms with Crippen molar-refractivity contribution in [3.8, 4) is 0 Å². The monoisotopic (exact) mass is 242 g/mol. The summed E-state index contributed by atoms with van der Waals surface area (Å²) in [6.07, 6.45) is 1.11. The third kappa shape index (κ3) is 3.94. The lowest BCUT2D eigenvalue weighted by Crippen LogP contribution is -2.39. The SMILES string of the molecule is CCN(CC(C)(C)O)c1ncc(F)cc1CO. The summed E-state index contributed by atoms with van der Waals surface area (Å²) in [6, 6.07) is 1.26. The van der Waals surface area contributed by atoms with E-state index in [4.69, 9.17) is 0 Å². The summed E-state index contributed by atoms with van der Waals surface area (Å²) in [5.74, 6) is 0.0376. The van der Waals surface area contributed by atoms with Gasteiger partial charge in [0.2, 0.25) is 0 Å². The van der Waals surface area contributed by atoms with Gasteiger partial charge in [0.1, 0.15) is 11.6 Å². The van der Waals surface area contributed by atoms with Gasteiger partial charge in [-0.1, -0.05) is 0 Å². The second-order valence-corrected chi connectivity index (χ2v) is 4.62. The maximum absolute atomic E-state index is 13.0. The Balaban J connectivity index is 3.03. The maximum atomic E-state index is 13.0. The van der Waals surface area contributed by atoms with Crippen molar-refractivity contribution < 1.29 is 14.6 Å². The highest BCUT2D eigenvalue weighted by Gasteiger charge is 2.20. The molecule has 0 aliphatic rings. The van der Waals surface area contributed by atoms with Gasteiger partial charge in [-0.2, -0.15) is 0 Å². The van der Waals surface area contributed by atoms with Crippen molar-refractivity contribution in [2.45, 2.75) is 33.0 Å². The van der Waals surface area contributed by atoms with E-state index in [2.05, 4.69) is 4.98 Å². The molecule has 1 aromatic heterocycles. The second-order valence-electron chi connectivity index (χ2n) is 4.62. The van der Waals surface area contributed by atoms with Gasteiger partial charge in [0, 0.05) is 18.7 Å². The topological polar surface area (TPSA) is 56.6 Å². The molecule has 17 heavy (non-hydrogen) atoms. The van der Waals surface area contributed by atoms with Crippen LogP contribution in [0.4, 0.5) is 10.2 Å². The van der Waals surface area contributed by atoms with Crippen LogP contribution in [-0.4, -0.2) is 33.9 Å². The first kappa shape index (κ1) is 13.9. The number of hydrogen-bond acceptors (Lipinski definition) is 4. The van der Waals surface area contributed by atoms with Gasteiger partial charge in [-0.15, -0.1) is 0 Å². The number of halogens is 1. The molecule has 0 fully saturated rings. The van der Waals surface area contributed by atoms with E-state index in [0.29, 0.717) is 24.5 Å². The summed E-state index contributed by atoms with van der Waals surface area (Å²) >= 11 is 0. The van der Waals surface area contributed by atoms with Crippen molar-refractivity contribution >= 4 is 5.82 Å². The minimum Gasteiger partial charge on any atom is -0.392 e. The third-order valence-corrected chi connectivity index (χ3v) is 2.34. The molecule has 0 unspecified atom stereocenters. The summed E-state index contributed by atoms with van der Waals surface area (Å²) in [6.45, 7) is 6.01. The van der Waals surface area contributed by atoms with Crippen molar-refractivity contribution in [1.29, 1.82) is 0 Å². The van der Waals surface area contributed by atoms with Gasteiger partial charge in [-0.3, -0.25) is 0 Å². The molecule has 0 radical (unpaired) electrons. The van der Waals surface area contributed by atoms with Crippen LogP contribution in [0.5, 0.6) is 0 Å². The molecule has 0 amide bonds. The van der Waals surface area contributed by atoms with Crippen LogP contribution in [0.25, 0.3) is 0 Å². The zero-order valence-electron chi connectivity index (χ0n) is 10.4. The molecule has 0 spiro atoms. The fraction of sp³-hybridized carbons (Fsp3) is 0.583. The highest BCUT2D eigenvalue weighted by molar-refractivity contribution is 5.46. The first-order valence-corrected chi connectivity index (χ1v) is 5.60. The van der Waals surface area contributed by atoms with E-state index in [1.165, 1.54) is 6.07 Å². The number of pyridine rings is 1. The van der Waals surface area contributed by atoms with Crippen LogP contribution in [0.15, 0.2) is 12.3 Å². The largest absolute Gasteiger partial charge is 0.392 e. The number of rotatable bonds is 5. The molecule has 1 heterocycles. The summed E-state index contributed by atoms with van der Waals surface area (Å²) in [5.41, 5.74) is -0.449. The molecule has 0 saturated carbocycles. The number of likely N-dealkylation sites (N-methyl/N-ethyl adjacent to an activating group) is 1. The molecule has 5 heteroatoms. The highest BCUT2D eigenvalue weighted by atomic mass is 19.1. The molecule has 0 aliphatic carbocycles. The molecule has 0 aromatic carbocycles. The zero-order chi connectivity index (χ0) is 13.1. The molecule has 1 aromatic rings. The molecule has 96 valence electrons. The van der Waals surface area contributed by atoms with Crippen LogP contribution in [0, 0.1) is 5.82 Å². The van der Waals surface area contributed by atoms with Gasteiger partial charge < -0.3 is 15.1 Å². The van der Waals surface area contributed by atoms with Crippen LogP contribution in [-0.2, 0) is 6.61 Å². The number of aliphatic hydroxyl groups is 2. The Bertz CT molecular complexity index is 377. The molecular formula is C12H19FN2O2. The number of aromatic nitrogens is 1. The Hall–Kier alpha value is -1.20. The Morgan fingerprint density at radius 3 is 2.59 bits per heavy atom. The molecule has 4 nitrogen and oxygen atoms in total. The van der Waals surface area contributed by atoms with Crippen molar-refractivity contribution in [2.75, 3.05) is 18.0 Å². The molecule has 1 rings (SSSR count). The predicted octanol–water partition coefficient (Wildman–Crippen LogP) is 1.31. The Kier molecular flexibility index (Phi) is 4.42. The number of hydrogen-bond donors (Lipinski definition) is 2. The van der Waals surface area contributed by atoms with Crippen LogP contribution in [0.3, 0.4) is 0 Å². The summed E-state index contributed by atoms with van der Waals surface area (Å²) < 4.78 is 13.0. The van der Waals surface area contributed by atoms with Crippen molar-refractivity contribution in [1.82, 2.24) is 4.98 Å². The van der Waals surface area contributed by atoms with Gasteiger partial charge in [0.15, 0.2) is 0 Å². The van der Waals surface area contributed by atoms with E-state index in [0.717, 1.165) is 6.20 Å². The van der Waals surface area contributed by atoms with E-state index in [1.807, 2.05) is 11.8 Å². The van der Waals surface area contributed by atoms with Gasteiger partial charge in [0.25, 0.3) is 0 Å². The Morgan fingerprint density at radius 2 is 2.12 bits per heavy atom. The first-order valence-electron chi connectivity index (χ1n) is 5.60. The van der Waals surface area contributed by atoms with E-state index in [1.54, 1.807) is 13.8 Å². The predicted molar refractivity (Wildman–Crippen MR) is 64.3 cm³/mol. The lowest BCUT2D eigenvalue weighted by molar-refractivity contribution is 0.0873. The molecule has 0 bridgehead atoms. The van der Waals surface area contributed by atoms with Crippen LogP contribution in [0.1, 0.15) is 26.3 Å². The van der Waals surface area contributed by atoms with E-state index >= 15 is 0 Å². The van der Waals surface area contributed by atoms with Crippen molar-refractivity contribution in [3.05, 3.63) is 23.6 Å². The molecule has 2 N–H and O–H groups in total. The maximum Gasteiger partial charge on any atom is 0.142 e. The standard InChI is InChI=1S/C12H19FN2O2/c1-4-15(8-12(2,3)17)11-9(7-16)5-10(13)6-14-11/h5-6,16-17H,4,7-8H2,1-3H3. The normalized spacial score (nSPS) is 11.6. The summed E-state index contributed by atoms with van der Waals surface area (Å²) in [4.78, 5) is 5.79. The minimum atomic E-state index is -0.876. The number of nitrogens with zero attached hydrogens (tertiary/aromatic N) is 2. The molecule has 0 aliphatic heterocycles. The zero-order valence-corrected chi connectivity index (χ0v) is 10.4. The smallest absolute Gasteiger partial charge is 0.142 e. The Morgan fingerprint density at radius 1 is 1.47 bits per heavy atom. The summed E-state index contributed by atoms with van der Waals surface area (Å²) in [7, 11) is 0. The van der Waals surface area contributed by atoms with Gasteiger partial charge in [0.05, 0.1) is 18.4 Å². The van der Waals surface area contributed by atoms with Gasteiger partial charge >= 0.3 is 0 Å². The number of aliphatic hydroxyl groups excluding tert-OH is 1. The van der Waals surface area contributed by atoms with Gasteiger partial charge in [-0.05, 0) is 26.8 Å². The fourth-order valence-corrected chi connectivity index (χ4v) is 1.68. The minimum absolute atomic E-state index is 0.275. The number of anilines is 1. The first-order chi connectivity index (χ1) is 7.87. The third-order valence-electron chi connectivity index (χ3n) is 2.34. The average Bonchev–Trinajstić information content (AvgIpc) is 2.24. The van der Waals surface area contributed by atoms with Crippen LogP contribution < -0.4 is 4.90 Å². The molecular weight excluding hydrogens is 223 g/mol.